The van der Waals surface area contributed by atoms with Crippen LogP contribution in [0.15, 0.2) is 53.6 Å². The third kappa shape index (κ3) is 3.72. The summed E-state index contributed by atoms with van der Waals surface area (Å²) in [6.07, 6.45) is 5.50. The van der Waals surface area contributed by atoms with Crippen molar-refractivity contribution in [3.8, 4) is 0 Å². The molecule has 2 fully saturated rings. The molecule has 0 N–H and O–H groups in total. The summed E-state index contributed by atoms with van der Waals surface area (Å²) in [5, 5.41) is 8.60. The minimum absolute atomic E-state index is 0.0895. The molecule has 0 saturated carbocycles. The van der Waals surface area contributed by atoms with E-state index in [4.69, 9.17) is 0 Å². The number of benzene rings is 1. The Kier molecular flexibility index (Phi) is 5.23. The average molecular weight is 440 g/mol. The molecule has 2 aliphatic heterocycles. The van der Waals surface area contributed by atoms with E-state index in [0.29, 0.717) is 31.7 Å². The molecule has 1 atom stereocenters. The Morgan fingerprint density at radius 3 is 2.65 bits per heavy atom. The zero-order valence-corrected chi connectivity index (χ0v) is 18.0. The lowest BCUT2D eigenvalue weighted by Crippen LogP contribution is -2.39. The Morgan fingerprint density at radius 2 is 1.81 bits per heavy atom. The van der Waals surface area contributed by atoms with Crippen LogP contribution in [0.1, 0.15) is 47.8 Å². The van der Waals surface area contributed by atoms with Gasteiger partial charge in [-0.1, -0.05) is 12.1 Å². The second-order valence-corrected chi connectivity index (χ2v) is 10.2. The highest BCUT2D eigenvalue weighted by molar-refractivity contribution is 7.89. The van der Waals surface area contributed by atoms with Crippen molar-refractivity contribution in [2.24, 2.45) is 0 Å². The van der Waals surface area contributed by atoms with Crippen molar-refractivity contribution >= 4 is 21.6 Å². The number of piperidine rings is 1. The zero-order chi connectivity index (χ0) is 21.4. The number of pyridine rings is 1. The first-order valence-corrected chi connectivity index (χ1v) is 12.2. The van der Waals surface area contributed by atoms with E-state index in [1.807, 2.05) is 28.8 Å². The van der Waals surface area contributed by atoms with Gasteiger partial charge in [-0.05, 0) is 56.0 Å². The Bertz CT molecular complexity index is 1220. The van der Waals surface area contributed by atoms with Crippen LogP contribution in [-0.2, 0) is 10.0 Å². The number of fused-ring (bicyclic) bond motifs is 1. The van der Waals surface area contributed by atoms with Crippen LogP contribution in [0.2, 0.25) is 0 Å². The largest absolute Gasteiger partial charge is 0.338 e. The lowest BCUT2D eigenvalue weighted by Gasteiger charge is -2.32. The summed E-state index contributed by atoms with van der Waals surface area (Å²) in [6, 6.07) is 12.2. The van der Waals surface area contributed by atoms with Gasteiger partial charge >= 0.3 is 0 Å². The maximum atomic E-state index is 13.3. The molecular weight excluding hydrogens is 414 g/mol. The molecule has 4 heterocycles. The van der Waals surface area contributed by atoms with E-state index < -0.39 is 10.0 Å². The number of hydrogen-bond acceptors (Lipinski definition) is 5. The number of aromatic nitrogens is 3. The Morgan fingerprint density at radius 1 is 0.968 bits per heavy atom. The summed E-state index contributed by atoms with van der Waals surface area (Å²) in [5.41, 5.74) is 1.20. The summed E-state index contributed by atoms with van der Waals surface area (Å²) >= 11 is 0. The van der Waals surface area contributed by atoms with Gasteiger partial charge in [0.05, 0.1) is 4.90 Å². The molecule has 2 aromatic heterocycles. The molecule has 0 radical (unpaired) electrons. The maximum absolute atomic E-state index is 13.3. The molecule has 1 amide bonds. The van der Waals surface area contributed by atoms with Gasteiger partial charge in [-0.15, -0.1) is 10.2 Å². The first-order valence-electron chi connectivity index (χ1n) is 10.7. The van der Waals surface area contributed by atoms with Crippen LogP contribution in [0.5, 0.6) is 0 Å². The Labute approximate surface area is 181 Å². The van der Waals surface area contributed by atoms with E-state index in [1.54, 1.807) is 23.1 Å². The SMILES string of the molecule is O=C(c1cccc(S(=O)(=O)N2CCCC2)c1)N1CCC[C@@H](c2nnc3ccccn23)C1. The number of carbonyl (C=O) groups is 1. The smallest absolute Gasteiger partial charge is 0.253 e. The number of carbonyl (C=O) groups excluding carboxylic acids is 1. The van der Waals surface area contributed by atoms with Crippen molar-refractivity contribution in [2.45, 2.75) is 36.5 Å². The Hall–Kier alpha value is -2.78. The summed E-state index contributed by atoms with van der Waals surface area (Å²) in [7, 11) is -3.55. The fraction of sp³-hybridized carbons (Fsp3) is 0.409. The summed E-state index contributed by atoms with van der Waals surface area (Å²) in [6.45, 7) is 2.27. The van der Waals surface area contributed by atoms with E-state index in [2.05, 4.69) is 10.2 Å². The molecular formula is C22H25N5O3S. The monoisotopic (exact) mass is 439 g/mol. The highest BCUT2D eigenvalue weighted by atomic mass is 32.2. The van der Waals surface area contributed by atoms with Crippen molar-refractivity contribution < 1.29 is 13.2 Å². The highest BCUT2D eigenvalue weighted by Crippen LogP contribution is 2.28. The van der Waals surface area contributed by atoms with Crippen LogP contribution in [0, 0.1) is 0 Å². The molecule has 1 aromatic carbocycles. The summed E-state index contributed by atoms with van der Waals surface area (Å²) in [5.74, 6) is 0.807. The summed E-state index contributed by atoms with van der Waals surface area (Å²) < 4.78 is 29.3. The molecule has 162 valence electrons. The third-order valence-corrected chi connectivity index (χ3v) is 8.09. The van der Waals surface area contributed by atoms with E-state index >= 15 is 0 Å². The molecule has 8 nitrogen and oxygen atoms in total. The fourth-order valence-electron chi connectivity index (χ4n) is 4.56. The van der Waals surface area contributed by atoms with Crippen LogP contribution in [-0.4, -0.2) is 64.3 Å². The van der Waals surface area contributed by atoms with Crippen molar-refractivity contribution in [3.05, 3.63) is 60.0 Å². The van der Waals surface area contributed by atoms with Gasteiger partial charge in [-0.3, -0.25) is 9.20 Å². The van der Waals surface area contributed by atoms with Gasteiger partial charge in [0.2, 0.25) is 10.0 Å². The molecule has 0 unspecified atom stereocenters. The number of amides is 1. The number of nitrogens with zero attached hydrogens (tertiary/aromatic N) is 5. The van der Waals surface area contributed by atoms with Gasteiger partial charge in [0, 0.05) is 43.9 Å². The minimum Gasteiger partial charge on any atom is -0.338 e. The number of rotatable bonds is 4. The second kappa shape index (κ2) is 8.05. The number of sulfonamides is 1. The molecule has 31 heavy (non-hydrogen) atoms. The normalized spacial score (nSPS) is 20.4. The van der Waals surface area contributed by atoms with Crippen LogP contribution in [0.25, 0.3) is 5.65 Å². The van der Waals surface area contributed by atoms with Gasteiger partial charge in [0.1, 0.15) is 5.82 Å². The van der Waals surface area contributed by atoms with Crippen molar-refractivity contribution in [1.82, 2.24) is 23.8 Å². The Balaban J connectivity index is 1.38. The third-order valence-electron chi connectivity index (χ3n) is 6.20. The molecule has 9 heteroatoms. The topological polar surface area (TPSA) is 87.9 Å². The first kappa shape index (κ1) is 20.1. The molecule has 2 aliphatic rings. The highest BCUT2D eigenvalue weighted by Gasteiger charge is 2.30. The van der Waals surface area contributed by atoms with Gasteiger partial charge in [0.25, 0.3) is 5.91 Å². The predicted octanol–water partition coefficient (Wildman–Crippen LogP) is 2.53. The lowest BCUT2D eigenvalue weighted by molar-refractivity contribution is 0.0704. The zero-order valence-electron chi connectivity index (χ0n) is 17.2. The van der Waals surface area contributed by atoms with Crippen LogP contribution < -0.4 is 0 Å². The van der Waals surface area contributed by atoms with E-state index in [0.717, 1.165) is 37.2 Å². The van der Waals surface area contributed by atoms with Gasteiger partial charge in [0.15, 0.2) is 5.65 Å². The fourth-order valence-corrected chi connectivity index (χ4v) is 6.12. The minimum atomic E-state index is -3.55. The van der Waals surface area contributed by atoms with E-state index in [-0.39, 0.29) is 16.7 Å². The van der Waals surface area contributed by atoms with Gasteiger partial charge < -0.3 is 4.90 Å². The standard InChI is InChI=1S/C22H25N5O3S/c28-22(17-7-5-9-19(15-17)31(29,30)26-12-3-4-13-26)25-11-6-8-18(16-25)21-24-23-20-10-1-2-14-27(20)21/h1-2,5,7,9-10,14-15,18H,3-4,6,8,11-13,16H2/t18-/m1/s1. The van der Waals surface area contributed by atoms with Crippen LogP contribution in [0.4, 0.5) is 0 Å². The molecule has 3 aromatic rings. The quantitative estimate of drug-likeness (QED) is 0.623. The number of hydrogen-bond donors (Lipinski definition) is 0. The molecule has 2 saturated heterocycles. The van der Waals surface area contributed by atoms with Crippen LogP contribution >= 0.6 is 0 Å². The molecule has 0 aliphatic carbocycles. The van der Waals surface area contributed by atoms with E-state index in [1.165, 1.54) is 10.4 Å². The molecule has 5 rings (SSSR count). The van der Waals surface area contributed by atoms with Crippen molar-refractivity contribution in [2.75, 3.05) is 26.2 Å². The lowest BCUT2D eigenvalue weighted by atomic mass is 9.96. The van der Waals surface area contributed by atoms with Crippen molar-refractivity contribution in [1.29, 1.82) is 0 Å². The van der Waals surface area contributed by atoms with Gasteiger partial charge in [-0.2, -0.15) is 4.31 Å². The predicted molar refractivity (Wildman–Crippen MR) is 115 cm³/mol. The molecule has 0 bridgehead atoms. The second-order valence-electron chi connectivity index (χ2n) is 8.22. The summed E-state index contributed by atoms with van der Waals surface area (Å²) in [4.78, 5) is 15.3. The average Bonchev–Trinajstić information content (AvgIpc) is 3.49. The molecule has 0 spiro atoms. The maximum Gasteiger partial charge on any atom is 0.253 e. The van der Waals surface area contributed by atoms with Gasteiger partial charge in [-0.25, -0.2) is 8.42 Å². The number of likely N-dealkylation sites (tertiary alicyclic amines) is 1. The van der Waals surface area contributed by atoms with E-state index in [9.17, 15) is 13.2 Å². The first-order chi connectivity index (χ1) is 15.0. The van der Waals surface area contributed by atoms with Crippen molar-refractivity contribution in [3.63, 3.8) is 0 Å². The van der Waals surface area contributed by atoms with Crippen LogP contribution in [0.3, 0.4) is 0 Å².